The molecule has 3 rings (SSSR count). The number of carbonyl (C=O) groups excluding carboxylic acids is 3. The summed E-state index contributed by atoms with van der Waals surface area (Å²) in [6.07, 6.45) is 1.44. The maximum Gasteiger partial charge on any atom is 0.327 e. The molecule has 1 aromatic heterocycles. The Kier molecular flexibility index (Phi) is 2.96. The van der Waals surface area contributed by atoms with E-state index in [1.165, 1.54) is 16.1 Å². The lowest BCUT2D eigenvalue weighted by molar-refractivity contribution is -0.129. The molecule has 106 valence electrons. The Bertz CT molecular complexity index is 554. The maximum atomic E-state index is 12.2. The van der Waals surface area contributed by atoms with Gasteiger partial charge in [0.2, 0.25) is 0 Å². The number of imide groups is 1. The Balaban J connectivity index is 1.77. The SMILES string of the molecule is CCN1C(=O)C2CN(C(=O)c3ccco3)CCN2C1=O. The molecule has 0 radical (unpaired) electrons. The zero-order valence-electron chi connectivity index (χ0n) is 11.1. The zero-order chi connectivity index (χ0) is 14.3. The minimum absolute atomic E-state index is 0.223. The molecule has 1 aromatic rings. The van der Waals surface area contributed by atoms with Crippen LogP contribution in [-0.2, 0) is 4.79 Å². The Labute approximate surface area is 115 Å². The number of piperazine rings is 1. The van der Waals surface area contributed by atoms with Crippen LogP contribution in [0, 0.1) is 0 Å². The van der Waals surface area contributed by atoms with Gasteiger partial charge in [-0.2, -0.15) is 0 Å². The quantitative estimate of drug-likeness (QED) is 0.733. The Morgan fingerprint density at radius 3 is 2.85 bits per heavy atom. The lowest BCUT2D eigenvalue weighted by atomic mass is 10.1. The third kappa shape index (κ3) is 1.77. The van der Waals surface area contributed by atoms with Gasteiger partial charge < -0.3 is 14.2 Å². The predicted octanol–water partition coefficient (Wildman–Crippen LogP) is 0.388. The number of rotatable bonds is 2. The molecule has 3 heterocycles. The van der Waals surface area contributed by atoms with Gasteiger partial charge in [0.15, 0.2) is 5.76 Å². The highest BCUT2D eigenvalue weighted by molar-refractivity contribution is 6.05. The van der Waals surface area contributed by atoms with Crippen molar-refractivity contribution in [1.82, 2.24) is 14.7 Å². The van der Waals surface area contributed by atoms with Crippen LogP contribution in [0.15, 0.2) is 22.8 Å². The highest BCUT2D eigenvalue weighted by Gasteiger charge is 2.47. The molecule has 2 aliphatic heterocycles. The van der Waals surface area contributed by atoms with Crippen LogP contribution in [0.5, 0.6) is 0 Å². The number of hydrogen-bond donors (Lipinski definition) is 0. The molecule has 20 heavy (non-hydrogen) atoms. The first-order valence-corrected chi connectivity index (χ1v) is 6.58. The van der Waals surface area contributed by atoms with Crippen LogP contribution in [0.2, 0.25) is 0 Å². The van der Waals surface area contributed by atoms with Gasteiger partial charge in [-0.05, 0) is 19.1 Å². The fraction of sp³-hybridized carbons (Fsp3) is 0.462. The van der Waals surface area contributed by atoms with Crippen molar-refractivity contribution in [3.8, 4) is 0 Å². The molecule has 2 saturated heterocycles. The van der Waals surface area contributed by atoms with Crippen molar-refractivity contribution in [3.05, 3.63) is 24.2 Å². The number of urea groups is 1. The average molecular weight is 277 g/mol. The van der Waals surface area contributed by atoms with E-state index in [4.69, 9.17) is 4.42 Å². The molecule has 0 spiro atoms. The van der Waals surface area contributed by atoms with E-state index < -0.39 is 6.04 Å². The summed E-state index contributed by atoms with van der Waals surface area (Å²) in [5.41, 5.74) is 0. The van der Waals surface area contributed by atoms with Crippen molar-refractivity contribution in [2.75, 3.05) is 26.2 Å². The van der Waals surface area contributed by atoms with Gasteiger partial charge in [-0.1, -0.05) is 0 Å². The minimum Gasteiger partial charge on any atom is -0.459 e. The van der Waals surface area contributed by atoms with Crippen LogP contribution in [0.1, 0.15) is 17.5 Å². The minimum atomic E-state index is -0.560. The summed E-state index contributed by atoms with van der Waals surface area (Å²) in [4.78, 5) is 40.7. The van der Waals surface area contributed by atoms with E-state index in [0.717, 1.165) is 0 Å². The van der Waals surface area contributed by atoms with Crippen molar-refractivity contribution in [3.63, 3.8) is 0 Å². The lowest BCUT2D eigenvalue weighted by Crippen LogP contribution is -2.54. The number of furan rings is 1. The molecule has 1 unspecified atom stereocenters. The molecule has 0 bridgehead atoms. The highest BCUT2D eigenvalue weighted by Crippen LogP contribution is 2.22. The van der Waals surface area contributed by atoms with Crippen molar-refractivity contribution >= 4 is 17.8 Å². The predicted molar refractivity (Wildman–Crippen MR) is 67.9 cm³/mol. The van der Waals surface area contributed by atoms with Crippen LogP contribution >= 0.6 is 0 Å². The second kappa shape index (κ2) is 4.66. The van der Waals surface area contributed by atoms with Crippen molar-refractivity contribution in [2.24, 2.45) is 0 Å². The summed E-state index contributed by atoms with van der Waals surface area (Å²) in [6, 6.07) is 2.42. The van der Waals surface area contributed by atoms with Crippen molar-refractivity contribution < 1.29 is 18.8 Å². The van der Waals surface area contributed by atoms with Crippen LogP contribution in [-0.4, -0.2) is 64.8 Å². The first kappa shape index (κ1) is 12.7. The summed E-state index contributed by atoms with van der Waals surface area (Å²) < 4.78 is 5.08. The molecule has 7 nitrogen and oxygen atoms in total. The summed E-state index contributed by atoms with van der Waals surface area (Å²) in [6.45, 7) is 3.13. The number of hydrogen-bond acceptors (Lipinski definition) is 4. The number of fused-ring (bicyclic) bond motifs is 1. The molecule has 1 atom stereocenters. The van der Waals surface area contributed by atoms with Gasteiger partial charge in [-0.25, -0.2) is 4.79 Å². The van der Waals surface area contributed by atoms with Crippen LogP contribution in [0.25, 0.3) is 0 Å². The lowest BCUT2D eigenvalue weighted by Gasteiger charge is -2.34. The van der Waals surface area contributed by atoms with Crippen molar-refractivity contribution in [1.29, 1.82) is 0 Å². The smallest absolute Gasteiger partial charge is 0.327 e. The van der Waals surface area contributed by atoms with Crippen LogP contribution in [0.3, 0.4) is 0 Å². The van der Waals surface area contributed by atoms with Gasteiger partial charge in [0, 0.05) is 19.6 Å². The van der Waals surface area contributed by atoms with Crippen LogP contribution < -0.4 is 0 Å². The van der Waals surface area contributed by atoms with E-state index in [1.807, 2.05) is 0 Å². The Morgan fingerprint density at radius 2 is 2.20 bits per heavy atom. The maximum absolute atomic E-state index is 12.2. The third-order valence-corrected chi connectivity index (χ3v) is 3.74. The van der Waals surface area contributed by atoms with E-state index in [1.54, 1.807) is 24.0 Å². The molecule has 0 N–H and O–H groups in total. The molecule has 7 heteroatoms. The first-order valence-electron chi connectivity index (χ1n) is 6.58. The van der Waals surface area contributed by atoms with E-state index in [0.29, 0.717) is 19.6 Å². The van der Waals surface area contributed by atoms with Gasteiger partial charge in [-0.15, -0.1) is 0 Å². The average Bonchev–Trinajstić information content (AvgIpc) is 3.07. The zero-order valence-corrected chi connectivity index (χ0v) is 11.1. The highest BCUT2D eigenvalue weighted by atomic mass is 16.3. The van der Waals surface area contributed by atoms with E-state index >= 15 is 0 Å². The normalized spacial score (nSPS) is 22.4. The van der Waals surface area contributed by atoms with Gasteiger partial charge in [0.1, 0.15) is 6.04 Å². The number of nitrogens with zero attached hydrogens (tertiary/aromatic N) is 3. The summed E-state index contributed by atoms with van der Waals surface area (Å²) in [5.74, 6) is -0.220. The molecular formula is C13H15N3O4. The second-order valence-corrected chi connectivity index (χ2v) is 4.80. The number of carbonyl (C=O) groups is 3. The molecule has 0 aliphatic carbocycles. The molecule has 0 aromatic carbocycles. The summed E-state index contributed by atoms with van der Waals surface area (Å²) >= 11 is 0. The molecular weight excluding hydrogens is 262 g/mol. The second-order valence-electron chi connectivity index (χ2n) is 4.80. The van der Waals surface area contributed by atoms with Gasteiger partial charge >= 0.3 is 6.03 Å². The molecule has 0 saturated carbocycles. The Hall–Kier alpha value is -2.31. The van der Waals surface area contributed by atoms with Crippen LogP contribution in [0.4, 0.5) is 4.79 Å². The number of likely N-dealkylation sites (N-methyl/N-ethyl adjacent to an activating group) is 1. The van der Waals surface area contributed by atoms with Crippen molar-refractivity contribution in [2.45, 2.75) is 13.0 Å². The summed E-state index contributed by atoms with van der Waals surface area (Å²) in [7, 11) is 0. The third-order valence-electron chi connectivity index (χ3n) is 3.74. The van der Waals surface area contributed by atoms with Gasteiger partial charge in [0.25, 0.3) is 11.8 Å². The van der Waals surface area contributed by atoms with E-state index in [-0.39, 0.29) is 30.2 Å². The monoisotopic (exact) mass is 277 g/mol. The fourth-order valence-electron chi connectivity index (χ4n) is 2.68. The summed E-state index contributed by atoms with van der Waals surface area (Å²) in [5, 5.41) is 0. The fourth-order valence-corrected chi connectivity index (χ4v) is 2.68. The van der Waals surface area contributed by atoms with E-state index in [9.17, 15) is 14.4 Å². The molecule has 2 aliphatic rings. The largest absolute Gasteiger partial charge is 0.459 e. The topological polar surface area (TPSA) is 74.1 Å². The van der Waals surface area contributed by atoms with Gasteiger partial charge in [0.05, 0.1) is 12.8 Å². The molecule has 4 amide bonds. The standard InChI is InChI=1S/C13H15N3O4/c1-2-15-11(17)9-8-14(5-6-16(9)13(15)19)12(18)10-4-3-7-20-10/h3-4,7,9H,2,5-6,8H2,1H3. The van der Waals surface area contributed by atoms with E-state index in [2.05, 4.69) is 0 Å². The number of amides is 4. The molecule has 2 fully saturated rings. The van der Waals surface area contributed by atoms with Gasteiger partial charge in [-0.3, -0.25) is 14.5 Å². The first-order chi connectivity index (χ1) is 9.63. The Morgan fingerprint density at radius 1 is 1.40 bits per heavy atom.